The number of nitro benzene ring substituents is 1. The molecule has 0 aliphatic heterocycles. The summed E-state index contributed by atoms with van der Waals surface area (Å²) in [5, 5.41) is 10.9. The number of benzene rings is 1. The molecular formula is C16H14N4O5. The van der Waals surface area contributed by atoms with Crippen molar-refractivity contribution in [3.63, 3.8) is 0 Å². The highest BCUT2D eigenvalue weighted by Gasteiger charge is 2.10. The van der Waals surface area contributed by atoms with Crippen LogP contribution in [0.25, 0.3) is 6.08 Å². The van der Waals surface area contributed by atoms with E-state index in [2.05, 4.69) is 10.9 Å². The quantitative estimate of drug-likeness (QED) is 0.468. The first-order chi connectivity index (χ1) is 12.0. The van der Waals surface area contributed by atoms with Crippen LogP contribution in [0.2, 0.25) is 0 Å². The van der Waals surface area contributed by atoms with E-state index in [1.807, 2.05) is 0 Å². The summed E-state index contributed by atoms with van der Waals surface area (Å²) in [7, 11) is 0. The Balaban J connectivity index is 1.91. The zero-order valence-corrected chi connectivity index (χ0v) is 12.9. The number of amides is 2. The molecule has 0 spiro atoms. The van der Waals surface area contributed by atoms with Gasteiger partial charge in [0.25, 0.3) is 23.1 Å². The van der Waals surface area contributed by atoms with Gasteiger partial charge in [-0.05, 0) is 18.2 Å². The second-order valence-electron chi connectivity index (χ2n) is 4.85. The molecule has 0 radical (unpaired) electrons. The van der Waals surface area contributed by atoms with Gasteiger partial charge in [-0.25, -0.2) is 0 Å². The summed E-state index contributed by atoms with van der Waals surface area (Å²) in [6, 6.07) is 10.4. The molecule has 9 nitrogen and oxygen atoms in total. The van der Waals surface area contributed by atoms with E-state index in [0.29, 0.717) is 0 Å². The number of para-hydroxylation sites is 1. The van der Waals surface area contributed by atoms with E-state index < -0.39 is 16.7 Å². The molecule has 0 saturated carbocycles. The normalized spacial score (nSPS) is 10.4. The molecule has 0 saturated heterocycles. The van der Waals surface area contributed by atoms with Gasteiger partial charge in [0.2, 0.25) is 0 Å². The molecule has 0 aliphatic rings. The van der Waals surface area contributed by atoms with Crippen LogP contribution < -0.4 is 16.4 Å². The van der Waals surface area contributed by atoms with Gasteiger partial charge in [0, 0.05) is 24.4 Å². The molecule has 128 valence electrons. The van der Waals surface area contributed by atoms with Gasteiger partial charge in [0.1, 0.15) is 6.54 Å². The average Bonchev–Trinajstić information content (AvgIpc) is 2.60. The Morgan fingerprint density at radius 3 is 2.56 bits per heavy atom. The van der Waals surface area contributed by atoms with Gasteiger partial charge in [-0.1, -0.05) is 18.2 Å². The maximum absolute atomic E-state index is 11.7. The summed E-state index contributed by atoms with van der Waals surface area (Å²) >= 11 is 0. The second-order valence-corrected chi connectivity index (χ2v) is 4.85. The Hall–Kier alpha value is -3.75. The third kappa shape index (κ3) is 5.13. The fourth-order valence-electron chi connectivity index (χ4n) is 1.92. The van der Waals surface area contributed by atoms with Crippen molar-refractivity contribution in [2.45, 2.75) is 6.54 Å². The van der Waals surface area contributed by atoms with E-state index in [0.717, 1.165) is 6.08 Å². The summed E-state index contributed by atoms with van der Waals surface area (Å²) in [5.41, 5.74) is 4.05. The smallest absolute Gasteiger partial charge is 0.276 e. The maximum atomic E-state index is 11.7. The summed E-state index contributed by atoms with van der Waals surface area (Å²) in [6.07, 6.45) is 3.76. The maximum Gasteiger partial charge on any atom is 0.276 e. The van der Waals surface area contributed by atoms with Crippen LogP contribution in [-0.2, 0) is 16.1 Å². The molecule has 25 heavy (non-hydrogen) atoms. The predicted octanol–water partition coefficient (Wildman–Crippen LogP) is 0.617. The van der Waals surface area contributed by atoms with Crippen molar-refractivity contribution in [2.24, 2.45) is 0 Å². The molecule has 2 aromatic rings. The van der Waals surface area contributed by atoms with Gasteiger partial charge < -0.3 is 4.57 Å². The largest absolute Gasteiger partial charge is 0.306 e. The van der Waals surface area contributed by atoms with Crippen molar-refractivity contribution >= 4 is 23.6 Å². The number of pyridine rings is 1. The monoisotopic (exact) mass is 342 g/mol. The van der Waals surface area contributed by atoms with Crippen molar-refractivity contribution in [2.75, 3.05) is 0 Å². The van der Waals surface area contributed by atoms with Crippen LogP contribution in [0.4, 0.5) is 5.69 Å². The molecule has 0 atom stereocenters. The first kappa shape index (κ1) is 17.6. The zero-order valence-electron chi connectivity index (χ0n) is 12.9. The molecule has 1 aromatic heterocycles. The van der Waals surface area contributed by atoms with Gasteiger partial charge in [0.05, 0.1) is 10.5 Å². The second kappa shape index (κ2) is 8.20. The number of nitro groups is 1. The van der Waals surface area contributed by atoms with Crippen molar-refractivity contribution in [1.82, 2.24) is 15.4 Å². The molecule has 0 fully saturated rings. The molecule has 0 unspecified atom stereocenters. The highest BCUT2D eigenvalue weighted by Crippen LogP contribution is 2.18. The minimum absolute atomic E-state index is 0.140. The number of carbonyl (C=O) groups is 2. The average molecular weight is 342 g/mol. The fourth-order valence-corrected chi connectivity index (χ4v) is 1.92. The summed E-state index contributed by atoms with van der Waals surface area (Å²) in [5.74, 6) is -1.27. The van der Waals surface area contributed by atoms with Crippen molar-refractivity contribution in [3.05, 3.63) is 80.8 Å². The number of hydrazine groups is 1. The minimum atomic E-state index is -0.674. The third-order valence-electron chi connectivity index (χ3n) is 3.09. The van der Waals surface area contributed by atoms with Crippen LogP contribution in [0.1, 0.15) is 5.56 Å². The Morgan fingerprint density at radius 1 is 1.12 bits per heavy atom. The molecule has 0 aliphatic carbocycles. The number of nitrogens with zero attached hydrogens (tertiary/aromatic N) is 2. The highest BCUT2D eigenvalue weighted by molar-refractivity contribution is 5.93. The molecule has 9 heteroatoms. The van der Waals surface area contributed by atoms with E-state index in [4.69, 9.17) is 0 Å². The lowest BCUT2D eigenvalue weighted by atomic mass is 10.1. The lowest BCUT2D eigenvalue weighted by molar-refractivity contribution is -0.385. The van der Waals surface area contributed by atoms with Gasteiger partial charge in [-0.2, -0.15) is 0 Å². The molecular weight excluding hydrogens is 328 g/mol. The molecule has 1 aromatic carbocycles. The number of carbonyl (C=O) groups excluding carboxylic acids is 2. The van der Waals surface area contributed by atoms with Crippen LogP contribution in [0, 0.1) is 10.1 Å². The Kier molecular flexibility index (Phi) is 5.77. The van der Waals surface area contributed by atoms with Crippen LogP contribution in [-0.4, -0.2) is 21.3 Å². The Bertz CT molecular complexity index is 888. The van der Waals surface area contributed by atoms with E-state index >= 15 is 0 Å². The van der Waals surface area contributed by atoms with Gasteiger partial charge in [-0.15, -0.1) is 0 Å². The van der Waals surface area contributed by atoms with E-state index in [-0.39, 0.29) is 23.4 Å². The van der Waals surface area contributed by atoms with Gasteiger partial charge in [0.15, 0.2) is 0 Å². The van der Waals surface area contributed by atoms with Crippen molar-refractivity contribution < 1.29 is 14.5 Å². The molecule has 2 rings (SSSR count). The third-order valence-corrected chi connectivity index (χ3v) is 3.09. The number of hydrogen-bond donors (Lipinski definition) is 2. The SMILES string of the molecule is O=C(/C=C/c1ccccc1[N+](=O)[O-])NNC(=O)Cn1ccccc1=O. The van der Waals surface area contributed by atoms with Crippen molar-refractivity contribution in [3.8, 4) is 0 Å². The van der Waals surface area contributed by atoms with Crippen LogP contribution >= 0.6 is 0 Å². The standard InChI is InChI=1S/C16H14N4O5/c21-14(9-8-12-5-1-2-6-13(12)20(24)25)17-18-15(22)11-19-10-4-3-7-16(19)23/h1-10H,11H2,(H,17,21)(H,18,22)/b9-8+. The van der Waals surface area contributed by atoms with E-state index in [1.54, 1.807) is 18.2 Å². The lowest BCUT2D eigenvalue weighted by Crippen LogP contribution is -2.43. The highest BCUT2D eigenvalue weighted by atomic mass is 16.6. The number of aromatic nitrogens is 1. The lowest BCUT2D eigenvalue weighted by Gasteiger charge is -2.07. The van der Waals surface area contributed by atoms with Crippen molar-refractivity contribution in [1.29, 1.82) is 0 Å². The molecule has 2 N–H and O–H groups in total. The van der Waals surface area contributed by atoms with Crippen LogP contribution in [0.3, 0.4) is 0 Å². The summed E-state index contributed by atoms with van der Waals surface area (Å²) in [4.78, 5) is 45.1. The zero-order chi connectivity index (χ0) is 18.2. The van der Waals surface area contributed by atoms with E-state index in [1.165, 1.54) is 41.1 Å². The first-order valence-corrected chi connectivity index (χ1v) is 7.13. The molecule has 2 amide bonds. The Labute approximate surface area is 141 Å². The Morgan fingerprint density at radius 2 is 1.84 bits per heavy atom. The van der Waals surface area contributed by atoms with Crippen LogP contribution in [0.5, 0.6) is 0 Å². The number of rotatable bonds is 5. The number of hydrogen-bond acceptors (Lipinski definition) is 5. The minimum Gasteiger partial charge on any atom is -0.306 e. The van der Waals surface area contributed by atoms with Gasteiger partial charge in [-0.3, -0.25) is 35.3 Å². The summed E-state index contributed by atoms with van der Waals surface area (Å²) < 4.78 is 1.17. The molecule has 1 heterocycles. The van der Waals surface area contributed by atoms with Gasteiger partial charge >= 0.3 is 0 Å². The topological polar surface area (TPSA) is 123 Å². The number of nitrogens with one attached hydrogen (secondary N) is 2. The summed E-state index contributed by atoms with van der Waals surface area (Å²) in [6.45, 7) is -0.256. The van der Waals surface area contributed by atoms with Crippen LogP contribution in [0.15, 0.2) is 59.5 Å². The fraction of sp³-hybridized carbons (Fsp3) is 0.0625. The predicted molar refractivity (Wildman–Crippen MR) is 89.1 cm³/mol. The first-order valence-electron chi connectivity index (χ1n) is 7.13. The van der Waals surface area contributed by atoms with E-state index in [9.17, 15) is 24.5 Å². The molecule has 0 bridgehead atoms.